The molecule has 0 radical (unpaired) electrons. The smallest absolute Gasteiger partial charge is 0.0702 e. The minimum atomic E-state index is 0.0818. The van der Waals surface area contributed by atoms with E-state index < -0.39 is 0 Å². The van der Waals surface area contributed by atoms with Crippen molar-refractivity contribution in [1.29, 1.82) is 0 Å². The molecule has 0 atom stereocenters. The largest absolute Gasteiger partial charge is 0.392 e. The van der Waals surface area contributed by atoms with Crippen molar-refractivity contribution in [2.24, 2.45) is 0 Å². The number of aliphatic hydroxyl groups is 1. The number of nitrogens with zero attached hydrogens (tertiary/aromatic N) is 1. The fourth-order valence-electron chi connectivity index (χ4n) is 1.51. The summed E-state index contributed by atoms with van der Waals surface area (Å²) < 4.78 is 0. The second-order valence-electron chi connectivity index (χ2n) is 3.46. The maximum absolute atomic E-state index is 9.21. The van der Waals surface area contributed by atoms with Gasteiger partial charge in [-0.05, 0) is 13.0 Å². The van der Waals surface area contributed by atoms with Crippen molar-refractivity contribution in [2.45, 2.75) is 13.5 Å². The molecule has 0 saturated carbocycles. The van der Waals surface area contributed by atoms with Gasteiger partial charge in [-0.15, -0.1) is 6.58 Å². The number of rotatable bonds is 4. The first-order valence-electron chi connectivity index (χ1n) is 4.71. The van der Waals surface area contributed by atoms with Crippen molar-refractivity contribution in [3.05, 3.63) is 42.0 Å². The summed E-state index contributed by atoms with van der Waals surface area (Å²) in [7, 11) is 1.99. The number of hydrogen-bond donors (Lipinski definition) is 1. The molecule has 0 amide bonds. The molecule has 0 aliphatic rings. The summed E-state index contributed by atoms with van der Waals surface area (Å²) in [4.78, 5) is 2.07. The van der Waals surface area contributed by atoms with E-state index in [0.29, 0.717) is 0 Å². The number of aryl methyl sites for hydroxylation is 1. The van der Waals surface area contributed by atoms with E-state index in [1.807, 2.05) is 38.2 Å². The Kier molecular flexibility index (Phi) is 3.72. The molecule has 76 valence electrons. The van der Waals surface area contributed by atoms with Gasteiger partial charge < -0.3 is 10.0 Å². The number of likely N-dealkylation sites (N-methyl/N-ethyl adjacent to an activating group) is 1. The highest BCUT2D eigenvalue weighted by Gasteiger charge is 2.05. The number of aliphatic hydroxyl groups excluding tert-OH is 1. The molecule has 2 heteroatoms. The van der Waals surface area contributed by atoms with Gasteiger partial charge in [-0.1, -0.05) is 23.8 Å². The Morgan fingerprint density at radius 2 is 2.21 bits per heavy atom. The van der Waals surface area contributed by atoms with Crippen molar-refractivity contribution in [3.8, 4) is 0 Å². The van der Waals surface area contributed by atoms with E-state index in [4.69, 9.17) is 0 Å². The van der Waals surface area contributed by atoms with Crippen LogP contribution in [0.4, 0.5) is 5.69 Å². The Balaban J connectivity index is 3.00. The molecule has 14 heavy (non-hydrogen) atoms. The summed E-state index contributed by atoms with van der Waals surface area (Å²) >= 11 is 0. The third kappa shape index (κ3) is 2.36. The molecule has 1 rings (SSSR count). The Labute approximate surface area is 85.5 Å². The zero-order chi connectivity index (χ0) is 10.6. The van der Waals surface area contributed by atoms with Gasteiger partial charge in [-0.3, -0.25) is 0 Å². The summed E-state index contributed by atoms with van der Waals surface area (Å²) in [6.07, 6.45) is 1.85. The zero-order valence-electron chi connectivity index (χ0n) is 8.83. The van der Waals surface area contributed by atoms with Gasteiger partial charge in [0, 0.05) is 24.8 Å². The lowest BCUT2D eigenvalue weighted by Crippen LogP contribution is -2.18. The maximum atomic E-state index is 9.21. The molecule has 0 aliphatic heterocycles. The second-order valence-corrected chi connectivity index (χ2v) is 3.46. The molecule has 1 aromatic rings. The van der Waals surface area contributed by atoms with E-state index in [1.165, 1.54) is 5.56 Å². The van der Waals surface area contributed by atoms with Crippen molar-refractivity contribution in [1.82, 2.24) is 0 Å². The van der Waals surface area contributed by atoms with Crippen molar-refractivity contribution in [2.75, 3.05) is 18.5 Å². The fourth-order valence-corrected chi connectivity index (χ4v) is 1.51. The molecule has 0 saturated heterocycles. The summed E-state index contributed by atoms with van der Waals surface area (Å²) in [6.45, 7) is 6.59. The maximum Gasteiger partial charge on any atom is 0.0702 e. The lowest BCUT2D eigenvalue weighted by atomic mass is 10.1. The minimum absolute atomic E-state index is 0.0818. The molecular formula is C12H17NO. The van der Waals surface area contributed by atoms with Gasteiger partial charge >= 0.3 is 0 Å². The molecule has 0 spiro atoms. The molecule has 0 aliphatic carbocycles. The molecule has 0 heterocycles. The Morgan fingerprint density at radius 3 is 2.79 bits per heavy atom. The summed E-state index contributed by atoms with van der Waals surface area (Å²) in [5, 5.41) is 9.21. The van der Waals surface area contributed by atoms with Gasteiger partial charge in [0.15, 0.2) is 0 Å². The molecule has 1 aromatic carbocycles. The summed E-state index contributed by atoms with van der Waals surface area (Å²) in [6, 6.07) is 6.09. The lowest BCUT2D eigenvalue weighted by Gasteiger charge is -2.20. The standard InChI is InChI=1S/C12H17NO/c1-4-7-13(3)12-6-5-10(2)8-11(12)9-14/h4-6,8,14H,1,7,9H2,2-3H3. The first kappa shape index (κ1) is 10.8. The first-order chi connectivity index (χ1) is 6.69. The van der Waals surface area contributed by atoms with Gasteiger partial charge in [-0.25, -0.2) is 0 Å². The fraction of sp³-hybridized carbons (Fsp3) is 0.333. The van der Waals surface area contributed by atoms with Crippen LogP contribution in [-0.2, 0) is 6.61 Å². The van der Waals surface area contributed by atoms with E-state index in [1.54, 1.807) is 0 Å². The molecule has 0 aromatic heterocycles. The monoisotopic (exact) mass is 191 g/mol. The molecule has 1 N–H and O–H groups in total. The normalized spacial score (nSPS) is 9.93. The quantitative estimate of drug-likeness (QED) is 0.737. The number of benzene rings is 1. The van der Waals surface area contributed by atoms with Crippen LogP contribution >= 0.6 is 0 Å². The van der Waals surface area contributed by atoms with E-state index in [2.05, 4.69) is 11.5 Å². The zero-order valence-corrected chi connectivity index (χ0v) is 8.83. The Hall–Kier alpha value is -1.28. The highest BCUT2D eigenvalue weighted by atomic mass is 16.3. The SMILES string of the molecule is C=CCN(C)c1ccc(C)cc1CO. The first-order valence-corrected chi connectivity index (χ1v) is 4.71. The average Bonchev–Trinajstić information content (AvgIpc) is 2.17. The third-order valence-corrected chi connectivity index (χ3v) is 2.22. The molecule has 2 nitrogen and oxygen atoms in total. The predicted octanol–water partition coefficient (Wildman–Crippen LogP) is 2.11. The van der Waals surface area contributed by atoms with E-state index in [-0.39, 0.29) is 6.61 Å². The van der Waals surface area contributed by atoms with Crippen LogP contribution in [0.1, 0.15) is 11.1 Å². The predicted molar refractivity (Wildman–Crippen MR) is 60.6 cm³/mol. The molecule has 0 bridgehead atoms. The van der Waals surface area contributed by atoms with Gasteiger partial charge in [0.1, 0.15) is 0 Å². The third-order valence-electron chi connectivity index (χ3n) is 2.22. The highest BCUT2D eigenvalue weighted by Crippen LogP contribution is 2.20. The minimum Gasteiger partial charge on any atom is -0.392 e. The van der Waals surface area contributed by atoms with Crippen LogP contribution < -0.4 is 4.90 Å². The average molecular weight is 191 g/mol. The van der Waals surface area contributed by atoms with Crippen molar-refractivity contribution in [3.63, 3.8) is 0 Å². The molecule has 0 unspecified atom stereocenters. The van der Waals surface area contributed by atoms with E-state index >= 15 is 0 Å². The van der Waals surface area contributed by atoms with Gasteiger partial charge in [0.2, 0.25) is 0 Å². The van der Waals surface area contributed by atoms with Crippen molar-refractivity contribution >= 4 is 5.69 Å². The highest BCUT2D eigenvalue weighted by molar-refractivity contribution is 5.54. The van der Waals surface area contributed by atoms with Crippen LogP contribution in [0.25, 0.3) is 0 Å². The molecular weight excluding hydrogens is 174 g/mol. The summed E-state index contributed by atoms with van der Waals surface area (Å²) in [5.41, 5.74) is 3.21. The van der Waals surface area contributed by atoms with Crippen LogP contribution in [0, 0.1) is 6.92 Å². The Bertz CT molecular complexity index is 320. The van der Waals surface area contributed by atoms with Crippen LogP contribution in [-0.4, -0.2) is 18.7 Å². The Morgan fingerprint density at radius 1 is 1.50 bits per heavy atom. The van der Waals surface area contributed by atoms with Gasteiger partial charge in [-0.2, -0.15) is 0 Å². The van der Waals surface area contributed by atoms with Crippen LogP contribution in [0.2, 0.25) is 0 Å². The lowest BCUT2D eigenvalue weighted by molar-refractivity contribution is 0.282. The second kappa shape index (κ2) is 4.82. The molecule has 0 fully saturated rings. The van der Waals surface area contributed by atoms with Crippen LogP contribution in [0.15, 0.2) is 30.9 Å². The van der Waals surface area contributed by atoms with Gasteiger partial charge in [0.05, 0.1) is 6.61 Å². The van der Waals surface area contributed by atoms with Gasteiger partial charge in [0.25, 0.3) is 0 Å². The van der Waals surface area contributed by atoms with Crippen LogP contribution in [0.5, 0.6) is 0 Å². The van der Waals surface area contributed by atoms with E-state index in [0.717, 1.165) is 17.8 Å². The van der Waals surface area contributed by atoms with E-state index in [9.17, 15) is 5.11 Å². The number of anilines is 1. The summed E-state index contributed by atoms with van der Waals surface area (Å²) in [5.74, 6) is 0. The topological polar surface area (TPSA) is 23.5 Å². The van der Waals surface area contributed by atoms with Crippen LogP contribution in [0.3, 0.4) is 0 Å². The number of hydrogen-bond acceptors (Lipinski definition) is 2. The van der Waals surface area contributed by atoms with Crippen molar-refractivity contribution < 1.29 is 5.11 Å².